The van der Waals surface area contributed by atoms with Crippen LogP contribution >= 0.6 is 0 Å². The second-order valence-corrected chi connectivity index (χ2v) is 5.58. The molecule has 0 bridgehead atoms. The van der Waals surface area contributed by atoms with Crippen molar-refractivity contribution in [2.75, 3.05) is 10.6 Å². The number of para-hydroxylation sites is 1. The summed E-state index contributed by atoms with van der Waals surface area (Å²) in [7, 11) is 0. The predicted octanol–water partition coefficient (Wildman–Crippen LogP) is 3.91. The molecule has 0 aliphatic carbocycles. The van der Waals surface area contributed by atoms with Crippen molar-refractivity contribution < 1.29 is 4.79 Å². The minimum absolute atomic E-state index is 0.237. The lowest BCUT2D eigenvalue weighted by atomic mass is 10.1. The predicted molar refractivity (Wildman–Crippen MR) is 100 cm³/mol. The molecule has 1 amide bonds. The van der Waals surface area contributed by atoms with Crippen molar-refractivity contribution in [1.29, 1.82) is 5.26 Å². The fourth-order valence-corrected chi connectivity index (χ4v) is 2.43. The number of nitrogens with one attached hydrogen (secondary N) is 2. The van der Waals surface area contributed by atoms with E-state index in [2.05, 4.69) is 26.9 Å². The second-order valence-electron chi connectivity index (χ2n) is 5.58. The highest BCUT2D eigenvalue weighted by molar-refractivity contribution is 6.03. The van der Waals surface area contributed by atoms with Gasteiger partial charge in [0.2, 0.25) is 0 Å². The molecule has 0 unspecified atom stereocenters. The van der Waals surface area contributed by atoms with Crippen molar-refractivity contribution >= 4 is 23.1 Å². The van der Waals surface area contributed by atoms with Crippen molar-refractivity contribution in [1.82, 2.24) is 10.2 Å². The summed E-state index contributed by atoms with van der Waals surface area (Å²) in [5.41, 5.74) is 3.45. The van der Waals surface area contributed by atoms with E-state index in [0.29, 0.717) is 11.4 Å². The zero-order valence-electron chi connectivity index (χ0n) is 14.2. The van der Waals surface area contributed by atoms with Gasteiger partial charge in [0.15, 0.2) is 11.5 Å². The smallest absolute Gasteiger partial charge is 0.276 e. The Morgan fingerprint density at radius 3 is 2.46 bits per heavy atom. The molecule has 2 N–H and O–H groups in total. The van der Waals surface area contributed by atoms with E-state index >= 15 is 0 Å². The number of aromatic nitrogens is 2. The van der Waals surface area contributed by atoms with Crippen molar-refractivity contribution in [2.24, 2.45) is 0 Å². The number of hydrogen-bond donors (Lipinski definition) is 2. The molecule has 3 rings (SSSR count). The van der Waals surface area contributed by atoms with Crippen LogP contribution in [0.4, 0.5) is 17.2 Å². The van der Waals surface area contributed by atoms with Gasteiger partial charge in [-0.25, -0.2) is 0 Å². The molecule has 0 radical (unpaired) electrons. The molecular weight excluding hydrogens is 326 g/mol. The number of nitriles is 1. The van der Waals surface area contributed by atoms with Gasteiger partial charge < -0.3 is 10.6 Å². The molecule has 128 valence electrons. The summed E-state index contributed by atoms with van der Waals surface area (Å²) in [4.78, 5) is 12.4. The Balaban J connectivity index is 1.68. The average Bonchev–Trinajstić information content (AvgIpc) is 2.69. The molecule has 0 saturated heterocycles. The fraction of sp³-hybridized carbons (Fsp3) is 0.100. The van der Waals surface area contributed by atoms with E-state index in [9.17, 15) is 4.79 Å². The quantitative estimate of drug-likeness (QED) is 0.733. The summed E-state index contributed by atoms with van der Waals surface area (Å²) in [6, 6.07) is 20.0. The summed E-state index contributed by atoms with van der Waals surface area (Å²) in [6.45, 7) is 2.04. The first-order chi connectivity index (χ1) is 12.7. The van der Waals surface area contributed by atoms with Crippen molar-refractivity contribution in [3.63, 3.8) is 0 Å². The van der Waals surface area contributed by atoms with Gasteiger partial charge in [0.1, 0.15) is 0 Å². The number of aryl methyl sites for hydroxylation is 1. The highest BCUT2D eigenvalue weighted by atomic mass is 16.1. The minimum atomic E-state index is -0.302. The Hall–Kier alpha value is -3.72. The molecule has 6 nitrogen and oxygen atoms in total. The fourth-order valence-electron chi connectivity index (χ4n) is 2.43. The number of amides is 1. The average molecular weight is 343 g/mol. The Labute approximate surface area is 151 Å². The standard InChI is InChI=1S/C20H17N5O/c1-2-15-5-3-4-6-17(15)23-20(26)18-11-12-19(25-24-18)22-16-9-7-14(13-21)8-10-16/h3-12H,2H2,1H3,(H,22,25)(H,23,26). The van der Waals surface area contributed by atoms with Gasteiger partial charge in [-0.15, -0.1) is 10.2 Å². The normalized spacial score (nSPS) is 10.0. The Bertz CT molecular complexity index is 943. The van der Waals surface area contributed by atoms with Crippen molar-refractivity contribution in [3.05, 3.63) is 77.5 Å². The van der Waals surface area contributed by atoms with E-state index in [4.69, 9.17) is 5.26 Å². The van der Waals surface area contributed by atoms with E-state index in [-0.39, 0.29) is 11.6 Å². The number of anilines is 3. The number of rotatable bonds is 5. The third-order valence-corrected chi connectivity index (χ3v) is 3.83. The molecule has 1 aromatic heterocycles. The number of carbonyl (C=O) groups is 1. The highest BCUT2D eigenvalue weighted by Crippen LogP contribution is 2.17. The summed E-state index contributed by atoms with van der Waals surface area (Å²) < 4.78 is 0. The summed E-state index contributed by atoms with van der Waals surface area (Å²) in [5, 5.41) is 22.8. The molecule has 2 aromatic carbocycles. The van der Waals surface area contributed by atoms with E-state index in [1.54, 1.807) is 36.4 Å². The first-order valence-electron chi connectivity index (χ1n) is 8.20. The third-order valence-electron chi connectivity index (χ3n) is 3.83. The lowest BCUT2D eigenvalue weighted by molar-refractivity contribution is 0.102. The Morgan fingerprint density at radius 1 is 1.04 bits per heavy atom. The minimum Gasteiger partial charge on any atom is -0.339 e. The topological polar surface area (TPSA) is 90.7 Å². The molecule has 0 fully saturated rings. The second kappa shape index (κ2) is 7.90. The maximum absolute atomic E-state index is 12.4. The Kier molecular flexibility index (Phi) is 5.20. The van der Waals surface area contributed by atoms with Crippen LogP contribution in [-0.4, -0.2) is 16.1 Å². The van der Waals surface area contributed by atoms with Gasteiger partial charge in [0.25, 0.3) is 5.91 Å². The maximum Gasteiger partial charge on any atom is 0.276 e. The highest BCUT2D eigenvalue weighted by Gasteiger charge is 2.10. The number of benzene rings is 2. The SMILES string of the molecule is CCc1ccccc1NC(=O)c1ccc(Nc2ccc(C#N)cc2)nn1. The zero-order chi connectivity index (χ0) is 18.4. The van der Waals surface area contributed by atoms with Gasteiger partial charge in [0, 0.05) is 11.4 Å². The van der Waals surface area contributed by atoms with Crippen LogP contribution in [0.15, 0.2) is 60.7 Å². The first kappa shape index (κ1) is 17.1. The van der Waals surface area contributed by atoms with Crippen LogP contribution in [0.5, 0.6) is 0 Å². The van der Waals surface area contributed by atoms with Gasteiger partial charge in [-0.05, 0) is 54.4 Å². The van der Waals surface area contributed by atoms with Gasteiger partial charge >= 0.3 is 0 Å². The van der Waals surface area contributed by atoms with Gasteiger partial charge in [-0.3, -0.25) is 4.79 Å². The van der Waals surface area contributed by atoms with Crippen LogP contribution in [0, 0.1) is 11.3 Å². The molecule has 0 aliphatic heterocycles. The molecular formula is C20H17N5O. The Morgan fingerprint density at radius 2 is 1.81 bits per heavy atom. The van der Waals surface area contributed by atoms with E-state index in [1.807, 2.05) is 31.2 Å². The molecule has 3 aromatic rings. The molecule has 0 atom stereocenters. The number of nitrogens with zero attached hydrogens (tertiary/aromatic N) is 3. The third kappa shape index (κ3) is 4.02. The van der Waals surface area contributed by atoms with Crippen LogP contribution in [0.3, 0.4) is 0 Å². The van der Waals surface area contributed by atoms with E-state index in [1.165, 1.54) is 0 Å². The number of hydrogen-bond acceptors (Lipinski definition) is 5. The van der Waals surface area contributed by atoms with Crippen molar-refractivity contribution in [2.45, 2.75) is 13.3 Å². The van der Waals surface area contributed by atoms with Crippen molar-refractivity contribution in [3.8, 4) is 6.07 Å². The molecule has 26 heavy (non-hydrogen) atoms. The molecule has 1 heterocycles. The zero-order valence-corrected chi connectivity index (χ0v) is 14.2. The largest absolute Gasteiger partial charge is 0.339 e. The van der Waals surface area contributed by atoms with Crippen LogP contribution in [0.25, 0.3) is 0 Å². The van der Waals surface area contributed by atoms with Crippen LogP contribution in [-0.2, 0) is 6.42 Å². The van der Waals surface area contributed by atoms with Crippen LogP contribution < -0.4 is 10.6 Å². The van der Waals surface area contributed by atoms with E-state index in [0.717, 1.165) is 23.4 Å². The van der Waals surface area contributed by atoms with Gasteiger partial charge in [0.05, 0.1) is 11.6 Å². The number of carbonyl (C=O) groups excluding carboxylic acids is 1. The first-order valence-corrected chi connectivity index (χ1v) is 8.20. The maximum atomic E-state index is 12.4. The van der Waals surface area contributed by atoms with E-state index < -0.39 is 0 Å². The lowest BCUT2D eigenvalue weighted by Crippen LogP contribution is -2.15. The molecule has 0 aliphatic rings. The molecule has 0 saturated carbocycles. The molecule has 6 heteroatoms. The molecule has 0 spiro atoms. The summed E-state index contributed by atoms with van der Waals surface area (Å²) in [6.07, 6.45) is 0.829. The summed E-state index contributed by atoms with van der Waals surface area (Å²) >= 11 is 0. The lowest BCUT2D eigenvalue weighted by Gasteiger charge is -2.09. The van der Waals surface area contributed by atoms with Gasteiger partial charge in [-0.1, -0.05) is 25.1 Å². The summed E-state index contributed by atoms with van der Waals surface area (Å²) in [5.74, 6) is 0.212. The van der Waals surface area contributed by atoms with Gasteiger partial charge in [-0.2, -0.15) is 5.26 Å². The van der Waals surface area contributed by atoms with Crippen LogP contribution in [0.2, 0.25) is 0 Å². The van der Waals surface area contributed by atoms with Crippen LogP contribution in [0.1, 0.15) is 28.5 Å². The monoisotopic (exact) mass is 343 g/mol.